The Morgan fingerprint density at radius 1 is 1.37 bits per heavy atom. The summed E-state index contributed by atoms with van der Waals surface area (Å²) in [5, 5.41) is 10.9. The van der Waals surface area contributed by atoms with Crippen LogP contribution in [0.1, 0.15) is 18.2 Å². The van der Waals surface area contributed by atoms with Crippen LogP contribution in [0.2, 0.25) is 0 Å². The van der Waals surface area contributed by atoms with Crippen LogP contribution in [0.15, 0.2) is 34.7 Å². The van der Waals surface area contributed by atoms with Gasteiger partial charge in [0.2, 0.25) is 0 Å². The van der Waals surface area contributed by atoms with Crippen LogP contribution in [0, 0.1) is 17.0 Å². The van der Waals surface area contributed by atoms with Gasteiger partial charge in [-0.1, -0.05) is 12.1 Å². The molecule has 1 heterocycles. The maximum Gasteiger partial charge on any atom is 0.273 e. The van der Waals surface area contributed by atoms with Crippen molar-refractivity contribution in [2.75, 3.05) is 0 Å². The van der Waals surface area contributed by atoms with Crippen molar-refractivity contribution in [2.24, 2.45) is 5.73 Å². The van der Waals surface area contributed by atoms with Crippen LogP contribution in [0.3, 0.4) is 0 Å². The molecule has 0 saturated heterocycles. The first-order valence-electron chi connectivity index (χ1n) is 6.07. The van der Waals surface area contributed by atoms with Crippen LogP contribution >= 0.6 is 0 Å². The molecule has 0 spiro atoms. The molecule has 1 atom stereocenters. The summed E-state index contributed by atoms with van der Waals surface area (Å²) in [6.45, 7) is 3.63. The maximum atomic E-state index is 10.9. The van der Waals surface area contributed by atoms with Gasteiger partial charge in [0.25, 0.3) is 5.69 Å². The molecule has 0 fully saturated rings. The molecule has 100 valence electrons. The minimum Gasteiger partial charge on any atom is -0.461 e. The zero-order valence-electron chi connectivity index (χ0n) is 10.9. The number of hydrogen-bond acceptors (Lipinski definition) is 4. The van der Waals surface area contributed by atoms with Gasteiger partial charge in [-0.05, 0) is 26.0 Å². The maximum absolute atomic E-state index is 10.9. The molecule has 1 aromatic heterocycles. The lowest BCUT2D eigenvalue weighted by Crippen LogP contribution is -2.17. The standard InChI is InChI=1S/C14H16N2O3/c1-9(15)8-11-6-7-14(19-11)12-4-3-5-13(10(12)2)16(17)18/h3-7,9H,8,15H2,1-2H3. The molecule has 19 heavy (non-hydrogen) atoms. The van der Waals surface area contributed by atoms with Gasteiger partial charge in [-0.3, -0.25) is 10.1 Å². The van der Waals surface area contributed by atoms with Crippen molar-refractivity contribution in [3.8, 4) is 11.3 Å². The summed E-state index contributed by atoms with van der Waals surface area (Å²) < 4.78 is 5.69. The van der Waals surface area contributed by atoms with E-state index in [0.29, 0.717) is 17.7 Å². The van der Waals surface area contributed by atoms with Gasteiger partial charge in [0.15, 0.2) is 0 Å². The highest BCUT2D eigenvalue weighted by Crippen LogP contribution is 2.31. The normalized spacial score (nSPS) is 12.4. The minimum absolute atomic E-state index is 0.0187. The molecule has 2 aromatic rings. The van der Waals surface area contributed by atoms with Gasteiger partial charge in [0.1, 0.15) is 11.5 Å². The number of nitro benzene ring substituents is 1. The zero-order valence-corrected chi connectivity index (χ0v) is 10.9. The van der Waals surface area contributed by atoms with Gasteiger partial charge in [-0.25, -0.2) is 0 Å². The van der Waals surface area contributed by atoms with E-state index in [2.05, 4.69) is 0 Å². The predicted octanol–water partition coefficient (Wildman–Crippen LogP) is 3.05. The monoisotopic (exact) mass is 260 g/mol. The van der Waals surface area contributed by atoms with Crippen molar-refractivity contribution >= 4 is 5.69 Å². The highest BCUT2D eigenvalue weighted by atomic mass is 16.6. The fourth-order valence-electron chi connectivity index (χ4n) is 2.04. The summed E-state index contributed by atoms with van der Waals surface area (Å²) in [7, 11) is 0. The van der Waals surface area contributed by atoms with E-state index in [4.69, 9.17) is 10.2 Å². The summed E-state index contributed by atoms with van der Waals surface area (Å²) in [4.78, 5) is 10.5. The molecule has 0 aliphatic carbocycles. The molecule has 1 unspecified atom stereocenters. The molecule has 0 bridgehead atoms. The van der Waals surface area contributed by atoms with Gasteiger partial charge in [0.05, 0.1) is 4.92 Å². The first-order chi connectivity index (χ1) is 8.99. The third-order valence-corrected chi connectivity index (χ3v) is 2.95. The first kappa shape index (κ1) is 13.3. The van der Waals surface area contributed by atoms with Crippen molar-refractivity contribution in [3.63, 3.8) is 0 Å². The number of nitrogens with two attached hydrogens (primary N) is 1. The summed E-state index contributed by atoms with van der Waals surface area (Å²) in [6.07, 6.45) is 0.647. The quantitative estimate of drug-likeness (QED) is 0.676. The largest absolute Gasteiger partial charge is 0.461 e. The Kier molecular flexibility index (Phi) is 3.66. The number of furan rings is 1. The lowest BCUT2D eigenvalue weighted by Gasteiger charge is -2.04. The number of benzene rings is 1. The molecule has 1 aromatic carbocycles. The second-order valence-corrected chi connectivity index (χ2v) is 4.65. The van der Waals surface area contributed by atoms with E-state index in [0.717, 1.165) is 11.3 Å². The Bertz CT molecular complexity index is 602. The molecule has 0 aliphatic rings. The van der Waals surface area contributed by atoms with Crippen molar-refractivity contribution in [1.29, 1.82) is 0 Å². The smallest absolute Gasteiger partial charge is 0.273 e. The van der Waals surface area contributed by atoms with Crippen LogP contribution in [-0.2, 0) is 6.42 Å². The van der Waals surface area contributed by atoms with Gasteiger partial charge >= 0.3 is 0 Å². The predicted molar refractivity (Wildman–Crippen MR) is 72.9 cm³/mol. The van der Waals surface area contributed by atoms with Crippen molar-refractivity contribution in [3.05, 3.63) is 51.8 Å². The molecule has 2 N–H and O–H groups in total. The second-order valence-electron chi connectivity index (χ2n) is 4.65. The van der Waals surface area contributed by atoms with E-state index in [9.17, 15) is 10.1 Å². The molecule has 2 rings (SSSR count). The highest BCUT2D eigenvalue weighted by Gasteiger charge is 2.16. The Morgan fingerprint density at radius 3 is 2.74 bits per heavy atom. The molecule has 0 radical (unpaired) electrons. The topological polar surface area (TPSA) is 82.3 Å². The van der Waals surface area contributed by atoms with Crippen LogP contribution in [0.5, 0.6) is 0 Å². The zero-order chi connectivity index (χ0) is 14.0. The summed E-state index contributed by atoms with van der Waals surface area (Å²) >= 11 is 0. The average Bonchev–Trinajstić information content (AvgIpc) is 2.76. The number of hydrogen-bond donors (Lipinski definition) is 1. The van der Waals surface area contributed by atoms with Crippen molar-refractivity contribution < 1.29 is 9.34 Å². The van der Waals surface area contributed by atoms with Gasteiger partial charge in [-0.2, -0.15) is 0 Å². The number of rotatable bonds is 4. The third kappa shape index (κ3) is 2.82. The molecule has 0 saturated carbocycles. The third-order valence-electron chi connectivity index (χ3n) is 2.95. The van der Waals surface area contributed by atoms with E-state index in [1.54, 1.807) is 13.0 Å². The van der Waals surface area contributed by atoms with Crippen molar-refractivity contribution in [1.82, 2.24) is 0 Å². The fraction of sp³-hybridized carbons (Fsp3) is 0.286. The Morgan fingerprint density at radius 2 is 2.11 bits per heavy atom. The molecular weight excluding hydrogens is 244 g/mol. The van der Waals surface area contributed by atoms with E-state index in [1.165, 1.54) is 6.07 Å². The van der Waals surface area contributed by atoms with Gasteiger partial charge in [0, 0.05) is 29.7 Å². The molecule has 0 amide bonds. The summed E-state index contributed by atoms with van der Waals surface area (Å²) in [5.74, 6) is 1.42. The van der Waals surface area contributed by atoms with Crippen LogP contribution in [0.25, 0.3) is 11.3 Å². The summed E-state index contributed by atoms with van der Waals surface area (Å²) in [5.41, 5.74) is 7.16. The Labute approximate surface area is 111 Å². The highest BCUT2D eigenvalue weighted by molar-refractivity contribution is 5.67. The van der Waals surface area contributed by atoms with Crippen LogP contribution in [0.4, 0.5) is 5.69 Å². The van der Waals surface area contributed by atoms with Gasteiger partial charge < -0.3 is 10.2 Å². The minimum atomic E-state index is -0.384. The summed E-state index contributed by atoms with van der Waals surface area (Å²) in [6, 6.07) is 8.67. The molecule has 5 heteroatoms. The Hall–Kier alpha value is -2.14. The molecule has 5 nitrogen and oxygen atoms in total. The van der Waals surface area contributed by atoms with E-state index in [1.807, 2.05) is 25.1 Å². The fourth-order valence-corrected chi connectivity index (χ4v) is 2.04. The van der Waals surface area contributed by atoms with E-state index < -0.39 is 0 Å². The van der Waals surface area contributed by atoms with Crippen LogP contribution < -0.4 is 5.73 Å². The lowest BCUT2D eigenvalue weighted by molar-refractivity contribution is -0.385. The van der Waals surface area contributed by atoms with Crippen molar-refractivity contribution in [2.45, 2.75) is 26.3 Å². The first-order valence-corrected chi connectivity index (χ1v) is 6.07. The van der Waals surface area contributed by atoms with Crippen LogP contribution in [-0.4, -0.2) is 11.0 Å². The molecule has 0 aliphatic heterocycles. The van der Waals surface area contributed by atoms with E-state index in [-0.39, 0.29) is 16.7 Å². The number of nitrogens with zero attached hydrogens (tertiary/aromatic N) is 1. The Balaban J connectivity index is 2.39. The second kappa shape index (κ2) is 5.24. The number of nitro groups is 1. The SMILES string of the molecule is Cc1c(-c2ccc(CC(C)N)o2)cccc1[N+](=O)[O-]. The van der Waals surface area contributed by atoms with E-state index >= 15 is 0 Å². The van der Waals surface area contributed by atoms with Gasteiger partial charge in [-0.15, -0.1) is 0 Å². The lowest BCUT2D eigenvalue weighted by atomic mass is 10.1. The average molecular weight is 260 g/mol. The molecular formula is C14H16N2O3.